The molecule has 0 radical (unpaired) electrons. The molecule has 1 fully saturated rings. The smallest absolute Gasteiger partial charge is 0.239 e. The average molecular weight is 264 g/mol. The third-order valence-corrected chi connectivity index (χ3v) is 3.11. The Morgan fingerprint density at radius 1 is 1.58 bits per heavy atom. The summed E-state index contributed by atoms with van der Waals surface area (Å²) in [5.74, 6) is 0.117. The van der Waals surface area contributed by atoms with Gasteiger partial charge in [0.15, 0.2) is 0 Å². The average Bonchev–Trinajstić information content (AvgIpc) is 2.36. The topological polar surface area (TPSA) is 70.6 Å². The molecule has 1 unspecified atom stereocenters. The first-order chi connectivity index (χ1) is 8.96. The standard InChI is InChI=1S/C14H20N2O3/c1-14(2)9-16-12(8-19-14)13(18)15-7-10-4-3-5-11(17)6-10/h3-6,12,16-17H,7-9H2,1-2H3,(H,15,18). The lowest BCUT2D eigenvalue weighted by atomic mass is 10.1. The number of rotatable bonds is 3. The van der Waals surface area contributed by atoms with Gasteiger partial charge in [-0.25, -0.2) is 0 Å². The van der Waals surface area contributed by atoms with Crippen LogP contribution in [0.25, 0.3) is 0 Å². The molecule has 0 spiro atoms. The molecule has 2 rings (SSSR count). The van der Waals surface area contributed by atoms with Crippen LogP contribution in [0.5, 0.6) is 5.75 Å². The molecule has 1 aromatic rings. The van der Waals surface area contributed by atoms with Gasteiger partial charge < -0.3 is 20.5 Å². The minimum Gasteiger partial charge on any atom is -0.508 e. The molecule has 1 atom stereocenters. The fourth-order valence-electron chi connectivity index (χ4n) is 1.94. The molecule has 1 amide bonds. The van der Waals surface area contributed by atoms with Crippen molar-refractivity contribution in [1.82, 2.24) is 10.6 Å². The first-order valence-electron chi connectivity index (χ1n) is 6.39. The summed E-state index contributed by atoms with van der Waals surface area (Å²) in [6.45, 7) is 5.40. The Labute approximate surface area is 113 Å². The fraction of sp³-hybridized carbons (Fsp3) is 0.500. The lowest BCUT2D eigenvalue weighted by Crippen LogP contribution is -2.57. The molecule has 1 aliphatic heterocycles. The van der Waals surface area contributed by atoms with Crippen molar-refractivity contribution in [1.29, 1.82) is 0 Å². The van der Waals surface area contributed by atoms with Crippen molar-refractivity contribution in [3.8, 4) is 5.75 Å². The number of benzene rings is 1. The highest BCUT2D eigenvalue weighted by molar-refractivity contribution is 5.82. The van der Waals surface area contributed by atoms with Crippen molar-refractivity contribution >= 4 is 5.91 Å². The van der Waals surface area contributed by atoms with Gasteiger partial charge in [0.05, 0.1) is 12.2 Å². The van der Waals surface area contributed by atoms with E-state index in [4.69, 9.17) is 4.74 Å². The molecular formula is C14H20N2O3. The van der Waals surface area contributed by atoms with Crippen molar-refractivity contribution in [2.75, 3.05) is 13.2 Å². The summed E-state index contributed by atoms with van der Waals surface area (Å²) in [5, 5.41) is 15.3. The Hall–Kier alpha value is -1.59. The van der Waals surface area contributed by atoms with E-state index in [2.05, 4.69) is 10.6 Å². The lowest BCUT2D eigenvalue weighted by molar-refractivity contribution is -0.131. The van der Waals surface area contributed by atoms with Crippen LogP contribution in [0.4, 0.5) is 0 Å². The summed E-state index contributed by atoms with van der Waals surface area (Å²) in [4.78, 5) is 12.0. The second kappa shape index (κ2) is 5.59. The molecule has 1 heterocycles. The van der Waals surface area contributed by atoms with Crippen LogP contribution in [-0.4, -0.2) is 35.8 Å². The maximum atomic E-state index is 12.0. The van der Waals surface area contributed by atoms with Crippen molar-refractivity contribution in [2.24, 2.45) is 0 Å². The van der Waals surface area contributed by atoms with Gasteiger partial charge in [-0.3, -0.25) is 4.79 Å². The predicted molar refractivity (Wildman–Crippen MR) is 71.8 cm³/mol. The molecule has 1 saturated heterocycles. The molecule has 0 aliphatic carbocycles. The minimum absolute atomic E-state index is 0.0844. The number of morpholine rings is 1. The van der Waals surface area contributed by atoms with Crippen LogP contribution in [0.1, 0.15) is 19.4 Å². The van der Waals surface area contributed by atoms with Crippen LogP contribution in [0.3, 0.4) is 0 Å². The van der Waals surface area contributed by atoms with E-state index in [1.807, 2.05) is 19.9 Å². The largest absolute Gasteiger partial charge is 0.508 e. The second-order valence-corrected chi connectivity index (χ2v) is 5.39. The molecule has 0 aromatic heterocycles. The number of amides is 1. The molecular weight excluding hydrogens is 244 g/mol. The van der Waals surface area contributed by atoms with Crippen molar-refractivity contribution in [3.63, 3.8) is 0 Å². The fourth-order valence-corrected chi connectivity index (χ4v) is 1.94. The summed E-state index contributed by atoms with van der Waals surface area (Å²) < 4.78 is 5.61. The van der Waals surface area contributed by atoms with E-state index in [1.165, 1.54) is 0 Å². The van der Waals surface area contributed by atoms with E-state index in [1.54, 1.807) is 18.2 Å². The molecule has 19 heavy (non-hydrogen) atoms. The SMILES string of the molecule is CC1(C)CNC(C(=O)NCc2cccc(O)c2)CO1. The lowest BCUT2D eigenvalue weighted by Gasteiger charge is -2.35. The van der Waals surface area contributed by atoms with E-state index in [9.17, 15) is 9.90 Å². The number of carbonyl (C=O) groups is 1. The number of phenols is 1. The Morgan fingerprint density at radius 3 is 3.00 bits per heavy atom. The van der Waals surface area contributed by atoms with Gasteiger partial charge >= 0.3 is 0 Å². The number of hydrogen-bond acceptors (Lipinski definition) is 4. The van der Waals surface area contributed by atoms with Crippen LogP contribution >= 0.6 is 0 Å². The van der Waals surface area contributed by atoms with Crippen LogP contribution in [-0.2, 0) is 16.1 Å². The van der Waals surface area contributed by atoms with Crippen molar-refractivity contribution in [2.45, 2.75) is 32.0 Å². The van der Waals surface area contributed by atoms with Gasteiger partial charge in [-0.1, -0.05) is 12.1 Å². The van der Waals surface area contributed by atoms with Crippen molar-refractivity contribution in [3.05, 3.63) is 29.8 Å². The van der Waals surface area contributed by atoms with Crippen LogP contribution < -0.4 is 10.6 Å². The van der Waals surface area contributed by atoms with Gasteiger partial charge in [0.2, 0.25) is 5.91 Å². The van der Waals surface area contributed by atoms with Gasteiger partial charge in [-0.05, 0) is 31.5 Å². The number of hydrogen-bond donors (Lipinski definition) is 3. The highest BCUT2D eigenvalue weighted by Crippen LogP contribution is 2.13. The maximum Gasteiger partial charge on any atom is 0.239 e. The van der Waals surface area contributed by atoms with Gasteiger partial charge in [0.25, 0.3) is 0 Å². The Morgan fingerprint density at radius 2 is 2.37 bits per heavy atom. The quantitative estimate of drug-likeness (QED) is 0.754. The second-order valence-electron chi connectivity index (χ2n) is 5.39. The van der Waals surface area contributed by atoms with Crippen LogP contribution in [0.15, 0.2) is 24.3 Å². The molecule has 5 nitrogen and oxygen atoms in total. The zero-order chi connectivity index (χ0) is 13.9. The van der Waals surface area contributed by atoms with Gasteiger partial charge in [0, 0.05) is 13.1 Å². The highest BCUT2D eigenvalue weighted by Gasteiger charge is 2.30. The molecule has 104 valence electrons. The summed E-state index contributed by atoms with van der Waals surface area (Å²) in [5.41, 5.74) is 0.646. The number of carbonyl (C=O) groups excluding carboxylic acids is 1. The van der Waals surface area contributed by atoms with E-state index >= 15 is 0 Å². The monoisotopic (exact) mass is 264 g/mol. The number of nitrogens with one attached hydrogen (secondary N) is 2. The summed E-state index contributed by atoms with van der Waals surface area (Å²) in [7, 11) is 0. The van der Waals surface area contributed by atoms with E-state index in [-0.39, 0.29) is 23.3 Å². The third kappa shape index (κ3) is 3.94. The Bertz CT molecular complexity index is 450. The van der Waals surface area contributed by atoms with Crippen LogP contribution in [0.2, 0.25) is 0 Å². The van der Waals surface area contributed by atoms with Crippen molar-refractivity contribution < 1.29 is 14.6 Å². The predicted octanol–water partition coefficient (Wildman–Crippen LogP) is 0.775. The molecule has 0 bridgehead atoms. The first-order valence-corrected chi connectivity index (χ1v) is 6.39. The molecule has 1 aromatic carbocycles. The van der Waals surface area contributed by atoms with Gasteiger partial charge in [-0.15, -0.1) is 0 Å². The minimum atomic E-state index is -0.315. The highest BCUT2D eigenvalue weighted by atomic mass is 16.5. The molecule has 1 aliphatic rings. The van der Waals surface area contributed by atoms with Gasteiger partial charge in [-0.2, -0.15) is 0 Å². The zero-order valence-corrected chi connectivity index (χ0v) is 11.3. The maximum absolute atomic E-state index is 12.0. The number of ether oxygens (including phenoxy) is 1. The Balaban J connectivity index is 1.82. The van der Waals surface area contributed by atoms with E-state index < -0.39 is 0 Å². The third-order valence-electron chi connectivity index (χ3n) is 3.11. The molecule has 5 heteroatoms. The van der Waals surface area contributed by atoms with E-state index in [0.717, 1.165) is 5.56 Å². The zero-order valence-electron chi connectivity index (χ0n) is 11.3. The van der Waals surface area contributed by atoms with Gasteiger partial charge in [0.1, 0.15) is 11.8 Å². The molecule has 0 saturated carbocycles. The Kier molecular flexibility index (Phi) is 4.07. The number of phenolic OH excluding ortho intramolecular Hbond substituents is 1. The summed E-state index contributed by atoms with van der Waals surface area (Å²) >= 11 is 0. The summed E-state index contributed by atoms with van der Waals surface area (Å²) in [6.07, 6.45) is 0. The molecule has 3 N–H and O–H groups in total. The summed E-state index contributed by atoms with van der Waals surface area (Å²) in [6, 6.07) is 6.53. The first kappa shape index (κ1) is 13.8. The normalized spacial score (nSPS) is 21.9. The van der Waals surface area contributed by atoms with Crippen LogP contribution in [0, 0.1) is 0 Å². The number of aromatic hydroxyl groups is 1. The van der Waals surface area contributed by atoms with E-state index in [0.29, 0.717) is 19.7 Å².